The van der Waals surface area contributed by atoms with Gasteiger partial charge in [-0.05, 0) is 94.5 Å². The van der Waals surface area contributed by atoms with Gasteiger partial charge in [0, 0.05) is 5.41 Å². The zero-order valence-electron chi connectivity index (χ0n) is 18.2. The number of ether oxygens (including phenoxy) is 1. The van der Waals surface area contributed by atoms with Gasteiger partial charge < -0.3 is 9.84 Å². The van der Waals surface area contributed by atoms with Crippen molar-refractivity contribution in [3.8, 4) is 0 Å². The lowest BCUT2D eigenvalue weighted by Gasteiger charge is -2.65. The van der Waals surface area contributed by atoms with Crippen LogP contribution >= 0.6 is 0 Å². The highest BCUT2D eigenvalue weighted by Crippen LogP contribution is 2.72. The van der Waals surface area contributed by atoms with E-state index in [1.165, 1.54) is 18.4 Å². The Morgan fingerprint density at radius 2 is 1.93 bits per heavy atom. The standard InChI is InChI=1S/C25H36O4/c1-5-6-18(26)15-29-21-10-11-23(3,22(27)28)19-9-12-25-13-16(2)17(14-25)7-8-20(25)24(19,21)4/h5-6,17,19-21H,2,7-15H2,1,3-4H3,(H,27,28)/b6-5+/t17-,19-,20+,21-,23-,24-,25-/m1/s1. The molecule has 29 heavy (non-hydrogen) atoms. The minimum atomic E-state index is -0.712. The molecule has 4 nitrogen and oxygen atoms in total. The molecule has 0 aromatic heterocycles. The van der Waals surface area contributed by atoms with Crippen molar-refractivity contribution in [2.75, 3.05) is 6.61 Å². The first-order valence-electron chi connectivity index (χ1n) is 11.4. The number of aliphatic carboxylic acids is 1. The summed E-state index contributed by atoms with van der Waals surface area (Å²) < 4.78 is 6.31. The molecule has 0 unspecified atom stereocenters. The van der Waals surface area contributed by atoms with Crippen molar-refractivity contribution in [2.24, 2.45) is 34.0 Å². The quantitative estimate of drug-likeness (QED) is 0.510. The summed E-state index contributed by atoms with van der Waals surface area (Å²) in [6, 6.07) is 0. The molecular formula is C25H36O4. The van der Waals surface area contributed by atoms with Crippen LogP contribution in [-0.2, 0) is 14.3 Å². The van der Waals surface area contributed by atoms with Gasteiger partial charge in [-0.1, -0.05) is 25.2 Å². The monoisotopic (exact) mass is 400 g/mol. The number of hydrogen-bond acceptors (Lipinski definition) is 3. The summed E-state index contributed by atoms with van der Waals surface area (Å²) in [5.41, 5.74) is 0.745. The lowest BCUT2D eigenvalue weighted by Crippen LogP contribution is -2.63. The molecule has 0 aromatic rings. The van der Waals surface area contributed by atoms with Gasteiger partial charge in [-0.2, -0.15) is 0 Å². The summed E-state index contributed by atoms with van der Waals surface area (Å²) in [4.78, 5) is 24.5. The minimum absolute atomic E-state index is 0.0114. The number of fused-ring (bicyclic) bond motifs is 3. The molecule has 4 fully saturated rings. The summed E-state index contributed by atoms with van der Waals surface area (Å²) in [5, 5.41) is 10.2. The van der Waals surface area contributed by atoms with E-state index < -0.39 is 11.4 Å². The molecule has 0 amide bonds. The molecule has 1 spiro atoms. The summed E-state index contributed by atoms with van der Waals surface area (Å²) in [5.74, 6) is 0.506. The largest absolute Gasteiger partial charge is 0.481 e. The van der Waals surface area contributed by atoms with E-state index in [9.17, 15) is 14.7 Å². The highest BCUT2D eigenvalue weighted by Gasteiger charge is 2.68. The Kier molecular flexibility index (Phi) is 5.08. The molecule has 0 aromatic carbocycles. The maximum absolute atomic E-state index is 12.4. The van der Waals surface area contributed by atoms with Gasteiger partial charge in [0.1, 0.15) is 6.61 Å². The normalized spacial score (nSPS) is 46.4. The third-order valence-corrected chi connectivity index (χ3v) is 9.44. The van der Waals surface area contributed by atoms with Crippen molar-refractivity contribution in [1.82, 2.24) is 0 Å². The maximum Gasteiger partial charge on any atom is 0.309 e. The molecule has 0 saturated heterocycles. The molecule has 4 aliphatic rings. The van der Waals surface area contributed by atoms with Gasteiger partial charge in [0.2, 0.25) is 0 Å². The van der Waals surface area contributed by atoms with Crippen molar-refractivity contribution in [2.45, 2.75) is 78.2 Å². The Morgan fingerprint density at radius 1 is 1.17 bits per heavy atom. The van der Waals surface area contributed by atoms with Crippen LogP contribution in [0.25, 0.3) is 0 Å². The molecule has 7 atom stereocenters. The smallest absolute Gasteiger partial charge is 0.309 e. The van der Waals surface area contributed by atoms with Gasteiger partial charge in [-0.15, -0.1) is 0 Å². The lowest BCUT2D eigenvalue weighted by molar-refractivity contribution is -0.221. The molecule has 160 valence electrons. The van der Waals surface area contributed by atoms with Crippen molar-refractivity contribution >= 4 is 11.8 Å². The van der Waals surface area contributed by atoms with Crippen LogP contribution in [0.3, 0.4) is 0 Å². The first kappa shape index (κ1) is 20.8. The molecule has 4 heteroatoms. The predicted molar refractivity (Wildman–Crippen MR) is 112 cm³/mol. The third kappa shape index (κ3) is 2.97. The van der Waals surface area contributed by atoms with Crippen molar-refractivity contribution in [3.05, 3.63) is 24.3 Å². The summed E-state index contributed by atoms with van der Waals surface area (Å²) in [6.07, 6.45) is 11.3. The predicted octanol–water partition coefficient (Wildman–Crippen LogP) is 5.18. The van der Waals surface area contributed by atoms with Crippen LogP contribution < -0.4 is 0 Å². The molecule has 4 aliphatic carbocycles. The number of carboxylic acid groups (broad SMARTS) is 1. The summed E-state index contributed by atoms with van der Waals surface area (Å²) >= 11 is 0. The zero-order chi connectivity index (χ0) is 21.0. The van der Waals surface area contributed by atoms with Gasteiger partial charge in [-0.3, -0.25) is 9.59 Å². The Hall–Kier alpha value is -1.42. The Bertz CT molecular complexity index is 754. The number of allylic oxidation sites excluding steroid dienone is 2. The molecular weight excluding hydrogens is 364 g/mol. The molecule has 2 bridgehead atoms. The Labute approximate surface area is 174 Å². The second-order valence-electron chi connectivity index (χ2n) is 10.7. The maximum atomic E-state index is 12.4. The van der Waals surface area contributed by atoms with Crippen LogP contribution in [0.4, 0.5) is 0 Å². The van der Waals surface area contributed by atoms with Gasteiger partial charge in [-0.25, -0.2) is 0 Å². The van der Waals surface area contributed by atoms with E-state index >= 15 is 0 Å². The van der Waals surface area contributed by atoms with E-state index in [0.717, 1.165) is 32.1 Å². The van der Waals surface area contributed by atoms with Crippen molar-refractivity contribution in [3.63, 3.8) is 0 Å². The van der Waals surface area contributed by atoms with Crippen LogP contribution in [0, 0.1) is 34.0 Å². The average Bonchev–Trinajstić information content (AvgIpc) is 2.89. The second-order valence-corrected chi connectivity index (χ2v) is 10.7. The molecule has 1 N–H and O–H groups in total. The lowest BCUT2D eigenvalue weighted by atomic mass is 9.40. The number of carbonyl (C=O) groups is 2. The van der Waals surface area contributed by atoms with Gasteiger partial charge in [0.25, 0.3) is 0 Å². The third-order valence-electron chi connectivity index (χ3n) is 9.44. The van der Waals surface area contributed by atoms with Crippen LogP contribution in [0.5, 0.6) is 0 Å². The fourth-order valence-corrected chi connectivity index (χ4v) is 8.18. The number of carbonyl (C=O) groups excluding carboxylic acids is 1. The van der Waals surface area contributed by atoms with Gasteiger partial charge in [0.15, 0.2) is 5.78 Å². The van der Waals surface area contributed by atoms with E-state index in [0.29, 0.717) is 18.3 Å². The van der Waals surface area contributed by atoms with Gasteiger partial charge >= 0.3 is 5.97 Å². The van der Waals surface area contributed by atoms with Crippen LogP contribution in [0.15, 0.2) is 24.3 Å². The van der Waals surface area contributed by atoms with E-state index in [1.807, 2.05) is 13.8 Å². The SMILES string of the molecule is C=C1C[C@@]23CC[C@H]4[C@](C)([C@@H]2CC[C@@H]1C3)[C@H](OCC(=O)/C=C/C)CC[C@@]4(C)C(=O)O. The average molecular weight is 401 g/mol. The number of hydrogen-bond donors (Lipinski definition) is 1. The van der Waals surface area contributed by atoms with Crippen molar-refractivity contribution < 1.29 is 19.4 Å². The highest BCUT2D eigenvalue weighted by atomic mass is 16.5. The summed E-state index contributed by atoms with van der Waals surface area (Å²) in [6.45, 7) is 10.6. The molecule has 0 aliphatic heterocycles. The van der Waals surface area contributed by atoms with E-state index in [4.69, 9.17) is 4.74 Å². The topological polar surface area (TPSA) is 63.6 Å². The molecule has 4 rings (SSSR count). The highest BCUT2D eigenvalue weighted by molar-refractivity contribution is 5.90. The number of rotatable bonds is 5. The van der Waals surface area contributed by atoms with Gasteiger partial charge in [0.05, 0.1) is 11.5 Å². The fraction of sp³-hybridized carbons (Fsp3) is 0.760. The van der Waals surface area contributed by atoms with Crippen LogP contribution in [-0.4, -0.2) is 29.6 Å². The molecule has 0 heterocycles. The van der Waals surface area contributed by atoms with E-state index in [-0.39, 0.29) is 35.2 Å². The molecule has 0 radical (unpaired) electrons. The van der Waals surface area contributed by atoms with Crippen LogP contribution in [0.2, 0.25) is 0 Å². The fourth-order valence-electron chi connectivity index (χ4n) is 8.18. The first-order chi connectivity index (χ1) is 13.7. The zero-order valence-corrected chi connectivity index (χ0v) is 18.2. The van der Waals surface area contributed by atoms with E-state index in [2.05, 4.69) is 13.5 Å². The molecule has 4 saturated carbocycles. The number of ketones is 1. The second kappa shape index (κ2) is 7.08. The number of carboxylic acids is 1. The van der Waals surface area contributed by atoms with Crippen molar-refractivity contribution in [1.29, 1.82) is 0 Å². The Morgan fingerprint density at radius 3 is 2.62 bits per heavy atom. The van der Waals surface area contributed by atoms with Crippen LogP contribution in [0.1, 0.15) is 72.1 Å². The summed E-state index contributed by atoms with van der Waals surface area (Å²) in [7, 11) is 0. The Balaban J connectivity index is 1.71. The first-order valence-corrected chi connectivity index (χ1v) is 11.4. The minimum Gasteiger partial charge on any atom is -0.481 e. The van der Waals surface area contributed by atoms with E-state index in [1.54, 1.807) is 12.2 Å².